The number of nitrogens with zero attached hydrogens (tertiary/aromatic N) is 2. The zero-order valence-electron chi connectivity index (χ0n) is 10.5. The number of para-hydroxylation sites is 1. The molecule has 1 aliphatic rings. The van der Waals surface area contributed by atoms with E-state index in [-0.39, 0.29) is 12.0 Å². The summed E-state index contributed by atoms with van der Waals surface area (Å²) >= 11 is 0. The van der Waals surface area contributed by atoms with Crippen LogP contribution in [0.15, 0.2) is 24.3 Å². The second-order valence-electron chi connectivity index (χ2n) is 4.37. The highest BCUT2D eigenvalue weighted by Crippen LogP contribution is 2.37. The molecule has 0 radical (unpaired) electrons. The van der Waals surface area contributed by atoms with Crippen molar-refractivity contribution in [3.05, 3.63) is 29.8 Å². The van der Waals surface area contributed by atoms with Gasteiger partial charge in [0.05, 0.1) is 18.0 Å². The molecule has 1 heterocycles. The lowest BCUT2D eigenvalue weighted by molar-refractivity contribution is 0.180. The van der Waals surface area contributed by atoms with Crippen LogP contribution in [0.3, 0.4) is 0 Å². The summed E-state index contributed by atoms with van der Waals surface area (Å²) in [7, 11) is 0. The van der Waals surface area contributed by atoms with Gasteiger partial charge in [-0.2, -0.15) is 5.26 Å². The Bertz CT molecular complexity index is 418. The zero-order valence-corrected chi connectivity index (χ0v) is 10.5. The topological polar surface area (TPSA) is 39.1 Å². The molecule has 90 valence electrons. The maximum absolute atomic E-state index is 9.31. The highest BCUT2D eigenvalue weighted by molar-refractivity contribution is 5.55. The number of hydrogen-bond acceptors (Lipinski definition) is 3. The van der Waals surface area contributed by atoms with Crippen LogP contribution in [-0.2, 0) is 0 Å². The van der Waals surface area contributed by atoms with E-state index in [4.69, 9.17) is 0 Å². The van der Waals surface area contributed by atoms with E-state index in [1.54, 1.807) is 0 Å². The predicted octanol–water partition coefficient (Wildman–Crippen LogP) is 2.63. The zero-order chi connectivity index (χ0) is 12.3. The van der Waals surface area contributed by atoms with Crippen molar-refractivity contribution in [1.82, 2.24) is 4.90 Å². The van der Waals surface area contributed by atoms with E-state index in [0.717, 1.165) is 19.6 Å². The number of anilines is 1. The van der Waals surface area contributed by atoms with Crippen molar-refractivity contribution in [1.29, 1.82) is 5.26 Å². The summed E-state index contributed by atoms with van der Waals surface area (Å²) in [6.45, 7) is 7.02. The minimum atomic E-state index is 0.0322. The maximum atomic E-state index is 9.31. The van der Waals surface area contributed by atoms with E-state index in [2.05, 4.69) is 48.3 Å². The SMILES string of the molecule is CCN(CC)[C@@H]1c2ccccc2NC[C@@H]1C#N. The van der Waals surface area contributed by atoms with E-state index >= 15 is 0 Å². The van der Waals surface area contributed by atoms with E-state index in [1.165, 1.54) is 11.3 Å². The van der Waals surface area contributed by atoms with E-state index < -0.39 is 0 Å². The molecule has 0 amide bonds. The Hall–Kier alpha value is -1.53. The Labute approximate surface area is 103 Å². The molecule has 0 spiro atoms. The number of benzene rings is 1. The van der Waals surface area contributed by atoms with Gasteiger partial charge in [-0.3, -0.25) is 4.90 Å². The molecule has 0 bridgehead atoms. The van der Waals surface area contributed by atoms with Crippen molar-refractivity contribution in [2.45, 2.75) is 19.9 Å². The molecule has 0 fully saturated rings. The third-order valence-corrected chi connectivity index (χ3v) is 3.54. The van der Waals surface area contributed by atoms with Gasteiger partial charge in [0.2, 0.25) is 0 Å². The van der Waals surface area contributed by atoms with Gasteiger partial charge in [-0.05, 0) is 24.7 Å². The molecule has 1 N–H and O–H groups in total. The van der Waals surface area contributed by atoms with Gasteiger partial charge in [0, 0.05) is 12.2 Å². The fourth-order valence-corrected chi connectivity index (χ4v) is 2.65. The molecule has 1 aliphatic heterocycles. The van der Waals surface area contributed by atoms with Gasteiger partial charge in [-0.1, -0.05) is 32.0 Å². The fraction of sp³-hybridized carbons (Fsp3) is 0.500. The molecule has 3 nitrogen and oxygen atoms in total. The molecule has 2 rings (SSSR count). The quantitative estimate of drug-likeness (QED) is 0.866. The first-order valence-corrected chi connectivity index (χ1v) is 6.28. The summed E-state index contributed by atoms with van der Waals surface area (Å²) in [5, 5.41) is 12.7. The Morgan fingerprint density at radius 1 is 1.35 bits per heavy atom. The highest BCUT2D eigenvalue weighted by atomic mass is 15.2. The van der Waals surface area contributed by atoms with Crippen molar-refractivity contribution in [2.75, 3.05) is 25.0 Å². The Kier molecular flexibility index (Phi) is 3.65. The molecule has 2 atom stereocenters. The summed E-state index contributed by atoms with van der Waals surface area (Å²) in [6, 6.07) is 11.0. The molecule has 0 aromatic heterocycles. The summed E-state index contributed by atoms with van der Waals surface area (Å²) in [5.41, 5.74) is 2.44. The van der Waals surface area contributed by atoms with E-state index in [1.807, 2.05) is 6.07 Å². The third kappa shape index (κ3) is 2.13. The van der Waals surface area contributed by atoms with Crippen LogP contribution in [0.25, 0.3) is 0 Å². The molecule has 1 aromatic carbocycles. The van der Waals surface area contributed by atoms with Crippen LogP contribution < -0.4 is 5.32 Å². The third-order valence-electron chi connectivity index (χ3n) is 3.54. The van der Waals surface area contributed by atoms with E-state index in [9.17, 15) is 5.26 Å². The van der Waals surface area contributed by atoms with Crippen molar-refractivity contribution in [3.8, 4) is 6.07 Å². The first-order chi connectivity index (χ1) is 8.31. The molecule has 1 aromatic rings. The number of rotatable bonds is 3. The summed E-state index contributed by atoms with van der Waals surface area (Å²) in [4.78, 5) is 2.37. The largest absolute Gasteiger partial charge is 0.383 e. The van der Waals surface area contributed by atoms with Crippen LogP contribution >= 0.6 is 0 Å². The normalized spacial score (nSPS) is 22.7. The number of nitriles is 1. The van der Waals surface area contributed by atoms with Crippen LogP contribution in [-0.4, -0.2) is 24.5 Å². The molecule has 17 heavy (non-hydrogen) atoms. The van der Waals surface area contributed by atoms with Crippen LogP contribution in [0.5, 0.6) is 0 Å². The lowest BCUT2D eigenvalue weighted by atomic mass is 9.88. The van der Waals surface area contributed by atoms with Gasteiger partial charge in [0.1, 0.15) is 0 Å². The second kappa shape index (κ2) is 5.20. The van der Waals surface area contributed by atoms with Gasteiger partial charge in [0.15, 0.2) is 0 Å². The monoisotopic (exact) mass is 229 g/mol. The second-order valence-corrected chi connectivity index (χ2v) is 4.37. The van der Waals surface area contributed by atoms with Gasteiger partial charge in [-0.15, -0.1) is 0 Å². The Morgan fingerprint density at radius 3 is 2.71 bits per heavy atom. The fourth-order valence-electron chi connectivity index (χ4n) is 2.65. The lowest BCUT2D eigenvalue weighted by Gasteiger charge is -2.38. The average molecular weight is 229 g/mol. The van der Waals surface area contributed by atoms with Crippen LogP contribution in [0, 0.1) is 17.2 Å². The maximum Gasteiger partial charge on any atom is 0.0833 e. The average Bonchev–Trinajstić information content (AvgIpc) is 2.40. The van der Waals surface area contributed by atoms with E-state index in [0.29, 0.717) is 0 Å². The lowest BCUT2D eigenvalue weighted by Crippen LogP contribution is -2.39. The molecule has 0 saturated heterocycles. The van der Waals surface area contributed by atoms with Crippen molar-refractivity contribution >= 4 is 5.69 Å². The van der Waals surface area contributed by atoms with Gasteiger partial charge in [0.25, 0.3) is 0 Å². The number of fused-ring (bicyclic) bond motifs is 1. The molecule has 0 aliphatic carbocycles. The first-order valence-electron chi connectivity index (χ1n) is 6.28. The van der Waals surface area contributed by atoms with Crippen molar-refractivity contribution in [2.24, 2.45) is 5.92 Å². The number of nitrogens with one attached hydrogen (secondary N) is 1. The van der Waals surface area contributed by atoms with Crippen LogP contribution in [0.2, 0.25) is 0 Å². The van der Waals surface area contributed by atoms with Gasteiger partial charge < -0.3 is 5.32 Å². The minimum Gasteiger partial charge on any atom is -0.383 e. The predicted molar refractivity (Wildman–Crippen MR) is 69.7 cm³/mol. The summed E-state index contributed by atoms with van der Waals surface area (Å²) in [6.07, 6.45) is 0. The Morgan fingerprint density at radius 2 is 2.06 bits per heavy atom. The molecule has 3 heteroatoms. The minimum absolute atomic E-state index is 0.0322. The van der Waals surface area contributed by atoms with Crippen molar-refractivity contribution < 1.29 is 0 Å². The van der Waals surface area contributed by atoms with Crippen LogP contribution in [0.4, 0.5) is 5.69 Å². The van der Waals surface area contributed by atoms with Crippen molar-refractivity contribution in [3.63, 3.8) is 0 Å². The van der Waals surface area contributed by atoms with Gasteiger partial charge in [-0.25, -0.2) is 0 Å². The molecule has 0 saturated carbocycles. The first kappa shape index (κ1) is 11.9. The summed E-state index contributed by atoms with van der Waals surface area (Å²) in [5.74, 6) is 0.0322. The summed E-state index contributed by atoms with van der Waals surface area (Å²) < 4.78 is 0. The highest BCUT2D eigenvalue weighted by Gasteiger charge is 2.32. The molecular weight excluding hydrogens is 210 g/mol. The number of hydrogen-bond donors (Lipinski definition) is 1. The smallest absolute Gasteiger partial charge is 0.0833 e. The molecule has 0 unspecified atom stereocenters. The molecular formula is C14H19N3. The van der Waals surface area contributed by atoms with Gasteiger partial charge >= 0.3 is 0 Å². The van der Waals surface area contributed by atoms with Crippen LogP contribution in [0.1, 0.15) is 25.5 Å². The standard InChI is InChI=1S/C14H19N3/c1-3-17(4-2)14-11(9-15)10-16-13-8-6-5-7-12(13)14/h5-8,11,14,16H,3-4,10H2,1-2H3/t11-,14-/m0/s1. The Balaban J connectivity index is 2.41.